The van der Waals surface area contributed by atoms with Crippen LogP contribution in [0.3, 0.4) is 0 Å². The van der Waals surface area contributed by atoms with Gasteiger partial charge in [0.2, 0.25) is 0 Å². The molecule has 0 aliphatic rings. The zero-order valence-electron chi connectivity index (χ0n) is 10.7. The van der Waals surface area contributed by atoms with Gasteiger partial charge in [0, 0.05) is 12.5 Å². The lowest BCUT2D eigenvalue weighted by Crippen LogP contribution is -2.19. The maximum atomic E-state index is 12.8. The van der Waals surface area contributed by atoms with Crippen molar-refractivity contribution in [1.82, 2.24) is 9.97 Å². The number of alkyl halides is 2. The van der Waals surface area contributed by atoms with Crippen LogP contribution in [0.1, 0.15) is 17.4 Å². The number of nitrogens with zero attached hydrogens (tertiary/aromatic N) is 2. The van der Waals surface area contributed by atoms with Crippen molar-refractivity contribution < 1.29 is 23.4 Å². The van der Waals surface area contributed by atoms with E-state index in [4.69, 9.17) is 16.7 Å². The number of hydrogen-bond acceptors (Lipinski definition) is 4. The van der Waals surface area contributed by atoms with Gasteiger partial charge in [-0.15, -0.1) is 0 Å². The van der Waals surface area contributed by atoms with E-state index in [0.717, 1.165) is 6.33 Å². The third-order valence-electron chi connectivity index (χ3n) is 2.40. The number of halogens is 3. The van der Waals surface area contributed by atoms with Gasteiger partial charge in [0.05, 0.1) is 10.7 Å². The van der Waals surface area contributed by atoms with Crippen LogP contribution in [-0.2, 0) is 0 Å². The van der Waals surface area contributed by atoms with Crippen LogP contribution in [0.15, 0.2) is 30.6 Å². The predicted molar refractivity (Wildman–Crippen MR) is 70.7 cm³/mol. The molecule has 0 aliphatic heterocycles. The summed E-state index contributed by atoms with van der Waals surface area (Å²) in [6, 6.07) is 5.32. The molecule has 0 spiro atoms. The minimum atomic E-state index is -3.35. The zero-order valence-corrected chi connectivity index (χ0v) is 11.4. The summed E-state index contributed by atoms with van der Waals surface area (Å²) in [5.74, 6) is -1.38. The fraction of sp³-hybridized carbons (Fsp3) is 0.154. The number of carboxylic acids is 1. The quantitative estimate of drug-likeness (QED) is 0.935. The van der Waals surface area contributed by atoms with Crippen LogP contribution in [-0.4, -0.2) is 27.2 Å². The first-order valence-corrected chi connectivity index (χ1v) is 6.06. The molecule has 2 aromatic rings. The Morgan fingerprint density at radius 2 is 2.05 bits per heavy atom. The average Bonchev–Trinajstić information content (AvgIpc) is 2.40. The number of aromatic nitrogens is 2. The monoisotopic (exact) mass is 314 g/mol. The van der Waals surface area contributed by atoms with Gasteiger partial charge >= 0.3 is 12.1 Å². The molecule has 5 nitrogen and oxygen atoms in total. The number of carbonyl (C=O) groups is 1. The SMILES string of the molecule is CC(F)(F)Oc1ccc(-c2cc(C(=O)O)ncn2)cc1Cl. The van der Waals surface area contributed by atoms with Crippen molar-refractivity contribution >= 4 is 17.6 Å². The molecule has 0 fully saturated rings. The molecule has 0 saturated carbocycles. The molecule has 0 unspecified atom stereocenters. The van der Waals surface area contributed by atoms with Gasteiger partial charge in [0.25, 0.3) is 0 Å². The first kappa shape index (κ1) is 15.1. The molecule has 0 atom stereocenters. The number of rotatable bonds is 4. The zero-order chi connectivity index (χ0) is 15.6. The molecule has 1 N–H and O–H groups in total. The number of aromatic carboxylic acids is 1. The summed E-state index contributed by atoms with van der Waals surface area (Å²) in [4.78, 5) is 18.3. The summed E-state index contributed by atoms with van der Waals surface area (Å²) in [6.07, 6.45) is -2.26. The largest absolute Gasteiger partial charge is 0.477 e. The van der Waals surface area contributed by atoms with Crippen LogP contribution in [0.2, 0.25) is 5.02 Å². The van der Waals surface area contributed by atoms with Crippen LogP contribution >= 0.6 is 11.6 Å². The summed E-state index contributed by atoms with van der Waals surface area (Å²) in [6.45, 7) is 0.598. The lowest BCUT2D eigenvalue weighted by atomic mass is 10.1. The Balaban J connectivity index is 2.36. The second kappa shape index (κ2) is 5.61. The van der Waals surface area contributed by atoms with E-state index in [2.05, 4.69) is 14.7 Å². The van der Waals surface area contributed by atoms with Crippen molar-refractivity contribution in [2.75, 3.05) is 0 Å². The molecule has 110 valence electrons. The number of benzene rings is 1. The van der Waals surface area contributed by atoms with Crippen molar-refractivity contribution in [2.24, 2.45) is 0 Å². The Hall–Kier alpha value is -2.28. The van der Waals surface area contributed by atoms with E-state index in [-0.39, 0.29) is 16.5 Å². The Morgan fingerprint density at radius 1 is 1.33 bits per heavy atom. The smallest absolute Gasteiger partial charge is 0.394 e. The van der Waals surface area contributed by atoms with E-state index in [1.165, 1.54) is 24.3 Å². The fourth-order valence-corrected chi connectivity index (χ4v) is 1.79. The highest BCUT2D eigenvalue weighted by Crippen LogP contribution is 2.32. The summed E-state index contributed by atoms with van der Waals surface area (Å²) < 4.78 is 30.0. The summed E-state index contributed by atoms with van der Waals surface area (Å²) in [5.41, 5.74) is 0.576. The molecular formula is C13H9ClF2N2O3. The Bertz CT molecular complexity index is 689. The topological polar surface area (TPSA) is 72.3 Å². The first-order chi connectivity index (χ1) is 9.76. The highest BCUT2D eigenvalue weighted by atomic mass is 35.5. The second-order valence-electron chi connectivity index (χ2n) is 4.15. The molecule has 0 saturated heterocycles. The van der Waals surface area contributed by atoms with Crippen molar-refractivity contribution in [3.63, 3.8) is 0 Å². The van der Waals surface area contributed by atoms with Crippen LogP contribution in [0, 0.1) is 0 Å². The van der Waals surface area contributed by atoms with Gasteiger partial charge in [0.15, 0.2) is 5.69 Å². The predicted octanol–water partition coefficient (Wildman–Crippen LogP) is 3.49. The van der Waals surface area contributed by atoms with Gasteiger partial charge in [-0.05, 0) is 24.3 Å². The maximum Gasteiger partial charge on any atom is 0.394 e. The molecule has 8 heteroatoms. The number of hydrogen-bond donors (Lipinski definition) is 1. The van der Waals surface area contributed by atoms with Gasteiger partial charge < -0.3 is 9.84 Å². The minimum absolute atomic E-state index is 0.0375. The molecule has 21 heavy (non-hydrogen) atoms. The third kappa shape index (κ3) is 3.85. The van der Waals surface area contributed by atoms with E-state index in [9.17, 15) is 13.6 Å². The molecule has 1 heterocycles. The van der Waals surface area contributed by atoms with Crippen molar-refractivity contribution in [3.05, 3.63) is 41.3 Å². The summed E-state index contributed by atoms with van der Waals surface area (Å²) in [7, 11) is 0. The molecule has 0 radical (unpaired) electrons. The van der Waals surface area contributed by atoms with E-state index in [0.29, 0.717) is 18.2 Å². The van der Waals surface area contributed by atoms with E-state index >= 15 is 0 Å². The molecule has 0 aliphatic carbocycles. The molecule has 0 amide bonds. The summed E-state index contributed by atoms with van der Waals surface area (Å²) >= 11 is 5.87. The third-order valence-corrected chi connectivity index (χ3v) is 2.70. The van der Waals surface area contributed by atoms with Crippen molar-refractivity contribution in [2.45, 2.75) is 13.0 Å². The summed E-state index contributed by atoms with van der Waals surface area (Å²) in [5, 5.41) is 8.83. The van der Waals surface area contributed by atoms with Crippen LogP contribution in [0.4, 0.5) is 8.78 Å². The molecule has 1 aromatic carbocycles. The van der Waals surface area contributed by atoms with Crippen LogP contribution < -0.4 is 4.74 Å². The lowest BCUT2D eigenvalue weighted by Gasteiger charge is -2.14. The number of ether oxygens (including phenoxy) is 1. The maximum absolute atomic E-state index is 12.8. The first-order valence-electron chi connectivity index (χ1n) is 5.68. The van der Waals surface area contributed by atoms with Gasteiger partial charge in [0.1, 0.15) is 12.1 Å². The standard InChI is InChI=1S/C13H9ClF2N2O3/c1-13(15,16)21-11-3-2-7(4-8(11)14)9-5-10(12(19)20)18-6-17-9/h2-6H,1H3,(H,19,20). The molecular weight excluding hydrogens is 306 g/mol. The second-order valence-corrected chi connectivity index (χ2v) is 4.56. The van der Waals surface area contributed by atoms with E-state index < -0.39 is 12.1 Å². The van der Waals surface area contributed by atoms with Gasteiger partial charge in [-0.2, -0.15) is 8.78 Å². The van der Waals surface area contributed by atoms with Crippen LogP contribution in [0.25, 0.3) is 11.3 Å². The average molecular weight is 315 g/mol. The van der Waals surface area contributed by atoms with Crippen LogP contribution in [0.5, 0.6) is 5.75 Å². The lowest BCUT2D eigenvalue weighted by molar-refractivity contribution is -0.158. The molecule has 1 aromatic heterocycles. The van der Waals surface area contributed by atoms with Gasteiger partial charge in [-0.1, -0.05) is 11.6 Å². The van der Waals surface area contributed by atoms with Crippen molar-refractivity contribution in [1.29, 1.82) is 0 Å². The molecule has 0 bridgehead atoms. The van der Waals surface area contributed by atoms with Gasteiger partial charge in [-0.25, -0.2) is 14.8 Å². The fourth-order valence-electron chi connectivity index (χ4n) is 1.57. The molecule has 2 rings (SSSR count). The Morgan fingerprint density at radius 3 is 2.62 bits per heavy atom. The minimum Gasteiger partial charge on any atom is -0.477 e. The highest BCUT2D eigenvalue weighted by Gasteiger charge is 2.24. The van der Waals surface area contributed by atoms with E-state index in [1.807, 2.05) is 0 Å². The normalized spacial score (nSPS) is 11.2. The van der Waals surface area contributed by atoms with Crippen molar-refractivity contribution in [3.8, 4) is 17.0 Å². The Kier molecular flexibility index (Phi) is 4.04. The number of carboxylic acid groups (broad SMARTS) is 1. The van der Waals surface area contributed by atoms with E-state index in [1.54, 1.807) is 0 Å². The highest BCUT2D eigenvalue weighted by molar-refractivity contribution is 6.32. The Labute approximate surface area is 123 Å². The van der Waals surface area contributed by atoms with Gasteiger partial charge in [-0.3, -0.25) is 0 Å².